The van der Waals surface area contributed by atoms with Gasteiger partial charge >= 0.3 is 0 Å². The third-order valence-corrected chi connectivity index (χ3v) is 8.26. The third kappa shape index (κ3) is 4.00. The van der Waals surface area contributed by atoms with E-state index in [1.807, 2.05) is 43.3 Å². The molecule has 0 unspecified atom stereocenters. The minimum absolute atomic E-state index is 0.331. The quantitative estimate of drug-likeness (QED) is 0.561. The fraction of sp³-hybridized carbons (Fsp3) is 0.375. The molecule has 3 aromatic rings. The van der Waals surface area contributed by atoms with Crippen LogP contribution in [0.2, 0.25) is 0 Å². The SMILES string of the molecule is COc1ccc(N2CCN(S(=O)(=O)c3cc(-c4cnc(C5CC5)o4)ccc3C)CC2)cc1. The molecule has 1 aromatic heterocycles. The lowest BCUT2D eigenvalue weighted by Crippen LogP contribution is -2.48. The number of anilines is 1. The van der Waals surface area contributed by atoms with Gasteiger partial charge in [-0.2, -0.15) is 4.31 Å². The van der Waals surface area contributed by atoms with E-state index in [0.29, 0.717) is 42.8 Å². The highest BCUT2D eigenvalue weighted by Gasteiger charge is 2.31. The predicted octanol–water partition coefficient (Wildman–Crippen LogP) is 4.05. The molecule has 1 aliphatic carbocycles. The number of methoxy groups -OCH3 is 1. The van der Waals surface area contributed by atoms with Gasteiger partial charge in [-0.1, -0.05) is 12.1 Å². The van der Waals surface area contributed by atoms with Crippen molar-refractivity contribution in [2.24, 2.45) is 0 Å². The van der Waals surface area contributed by atoms with Crippen molar-refractivity contribution in [2.75, 3.05) is 38.2 Å². The summed E-state index contributed by atoms with van der Waals surface area (Å²) in [5.74, 6) is 2.59. The summed E-state index contributed by atoms with van der Waals surface area (Å²) in [6.07, 6.45) is 3.91. The second-order valence-corrected chi connectivity index (χ2v) is 10.3. The molecule has 2 heterocycles. The lowest BCUT2D eigenvalue weighted by molar-refractivity contribution is 0.384. The van der Waals surface area contributed by atoms with E-state index in [1.54, 1.807) is 23.7 Å². The molecule has 0 atom stereocenters. The molecule has 1 aliphatic heterocycles. The molecule has 2 aliphatic rings. The lowest BCUT2D eigenvalue weighted by atomic mass is 10.1. The number of hydrogen-bond acceptors (Lipinski definition) is 6. The van der Waals surface area contributed by atoms with Gasteiger partial charge in [-0.25, -0.2) is 13.4 Å². The Morgan fingerprint density at radius 3 is 2.41 bits per heavy atom. The van der Waals surface area contributed by atoms with E-state index >= 15 is 0 Å². The van der Waals surface area contributed by atoms with E-state index in [1.165, 1.54) is 0 Å². The molecule has 8 heteroatoms. The van der Waals surface area contributed by atoms with E-state index in [0.717, 1.165) is 41.3 Å². The number of aryl methyl sites for hydroxylation is 1. The molecule has 0 radical (unpaired) electrons. The number of piperazine rings is 1. The Balaban J connectivity index is 1.33. The van der Waals surface area contributed by atoms with Crippen LogP contribution in [0.4, 0.5) is 5.69 Å². The number of sulfonamides is 1. The number of nitrogens with zero attached hydrogens (tertiary/aromatic N) is 3. The van der Waals surface area contributed by atoms with Crippen molar-refractivity contribution in [1.82, 2.24) is 9.29 Å². The zero-order chi connectivity index (χ0) is 22.3. The van der Waals surface area contributed by atoms with Gasteiger partial charge in [0, 0.05) is 43.3 Å². The molecule has 0 N–H and O–H groups in total. The summed E-state index contributed by atoms with van der Waals surface area (Å²) in [7, 11) is -1.97. The zero-order valence-electron chi connectivity index (χ0n) is 18.3. The summed E-state index contributed by atoms with van der Waals surface area (Å²) >= 11 is 0. The lowest BCUT2D eigenvalue weighted by Gasteiger charge is -2.35. The van der Waals surface area contributed by atoms with Crippen molar-refractivity contribution in [1.29, 1.82) is 0 Å². The minimum atomic E-state index is -3.61. The molecular weight excluding hydrogens is 426 g/mol. The van der Waals surface area contributed by atoms with Crippen LogP contribution in [0.1, 0.15) is 30.2 Å². The normalized spacial score (nSPS) is 17.5. The van der Waals surface area contributed by atoms with Gasteiger partial charge in [0.25, 0.3) is 0 Å². The summed E-state index contributed by atoms with van der Waals surface area (Å²) in [4.78, 5) is 6.89. The highest BCUT2D eigenvalue weighted by Crippen LogP contribution is 2.40. The summed E-state index contributed by atoms with van der Waals surface area (Å²) in [6, 6.07) is 13.3. The van der Waals surface area contributed by atoms with Crippen LogP contribution in [0, 0.1) is 6.92 Å². The second-order valence-electron chi connectivity index (χ2n) is 8.41. The fourth-order valence-corrected chi connectivity index (χ4v) is 5.76. The van der Waals surface area contributed by atoms with E-state index in [-0.39, 0.29) is 0 Å². The fourth-order valence-electron chi connectivity index (χ4n) is 4.09. The Morgan fingerprint density at radius 2 is 1.75 bits per heavy atom. The first-order valence-corrected chi connectivity index (χ1v) is 12.4. The van der Waals surface area contributed by atoms with Gasteiger partial charge in [0.1, 0.15) is 5.75 Å². The number of oxazole rings is 1. The van der Waals surface area contributed by atoms with Gasteiger partial charge in [0.15, 0.2) is 11.7 Å². The summed E-state index contributed by atoms with van der Waals surface area (Å²) in [5.41, 5.74) is 2.54. The zero-order valence-corrected chi connectivity index (χ0v) is 19.1. The molecule has 168 valence electrons. The Morgan fingerprint density at radius 1 is 1.03 bits per heavy atom. The van der Waals surface area contributed by atoms with Gasteiger partial charge in [-0.05, 0) is 55.7 Å². The van der Waals surface area contributed by atoms with Crippen LogP contribution in [0.3, 0.4) is 0 Å². The largest absolute Gasteiger partial charge is 0.497 e. The van der Waals surface area contributed by atoms with Gasteiger partial charge < -0.3 is 14.1 Å². The molecule has 5 rings (SSSR count). The van der Waals surface area contributed by atoms with Gasteiger partial charge in [-0.15, -0.1) is 0 Å². The maximum Gasteiger partial charge on any atom is 0.243 e. The third-order valence-electron chi connectivity index (χ3n) is 6.22. The van der Waals surface area contributed by atoms with E-state index < -0.39 is 10.0 Å². The van der Waals surface area contributed by atoms with Gasteiger partial charge in [-0.3, -0.25) is 0 Å². The minimum Gasteiger partial charge on any atom is -0.497 e. The first kappa shape index (κ1) is 21.0. The van der Waals surface area contributed by atoms with Gasteiger partial charge in [0.05, 0.1) is 18.2 Å². The van der Waals surface area contributed by atoms with Gasteiger partial charge in [0.2, 0.25) is 10.0 Å². The van der Waals surface area contributed by atoms with Crippen LogP contribution in [0.5, 0.6) is 5.75 Å². The Bertz CT molecular complexity index is 1210. The molecular formula is C24H27N3O4S. The van der Waals surface area contributed by atoms with E-state index in [9.17, 15) is 8.42 Å². The van der Waals surface area contributed by atoms with Crippen LogP contribution < -0.4 is 9.64 Å². The smallest absolute Gasteiger partial charge is 0.243 e. The molecule has 2 aromatic carbocycles. The standard InChI is InChI=1S/C24H27N3O4S/c1-17-3-4-19(22-16-25-24(31-22)18-5-6-18)15-23(17)32(28,29)27-13-11-26(12-14-27)20-7-9-21(30-2)10-8-20/h3-4,7-10,15-16,18H,5-6,11-14H2,1-2H3. The van der Waals surface area contributed by atoms with E-state index in [2.05, 4.69) is 9.88 Å². The number of rotatable bonds is 6. The molecule has 1 saturated heterocycles. The average molecular weight is 454 g/mol. The molecule has 0 bridgehead atoms. The monoisotopic (exact) mass is 453 g/mol. The van der Waals surface area contributed by atoms with Crippen LogP contribution in [-0.4, -0.2) is 51.0 Å². The second kappa shape index (κ2) is 8.26. The molecule has 7 nitrogen and oxygen atoms in total. The summed E-state index contributed by atoms with van der Waals surface area (Å²) in [6.45, 7) is 3.98. The molecule has 1 saturated carbocycles. The highest BCUT2D eigenvalue weighted by atomic mass is 32.2. The van der Waals surface area contributed by atoms with E-state index in [4.69, 9.17) is 9.15 Å². The molecule has 0 spiro atoms. The molecule has 0 amide bonds. The number of aromatic nitrogens is 1. The molecule has 2 fully saturated rings. The van der Waals surface area contributed by atoms with Crippen LogP contribution in [0.15, 0.2) is 58.0 Å². The van der Waals surface area contributed by atoms with Crippen molar-refractivity contribution < 1.29 is 17.6 Å². The Labute approximate surface area is 188 Å². The average Bonchev–Trinajstić information content (AvgIpc) is 3.56. The Kier molecular flexibility index (Phi) is 5.43. The first-order valence-electron chi connectivity index (χ1n) is 10.9. The van der Waals surface area contributed by atoms with Crippen molar-refractivity contribution in [3.63, 3.8) is 0 Å². The number of ether oxygens (including phenoxy) is 1. The summed E-state index contributed by atoms with van der Waals surface area (Å²) in [5, 5.41) is 0. The highest BCUT2D eigenvalue weighted by molar-refractivity contribution is 7.89. The molecule has 32 heavy (non-hydrogen) atoms. The topological polar surface area (TPSA) is 75.9 Å². The van der Waals surface area contributed by atoms with Crippen molar-refractivity contribution in [2.45, 2.75) is 30.6 Å². The predicted molar refractivity (Wildman–Crippen MR) is 123 cm³/mol. The number of benzene rings is 2. The van der Waals surface area contributed by atoms with Crippen molar-refractivity contribution in [3.8, 4) is 17.1 Å². The first-order chi connectivity index (χ1) is 15.5. The summed E-state index contributed by atoms with van der Waals surface area (Å²) < 4.78 is 39.7. The maximum atomic E-state index is 13.5. The van der Waals surface area contributed by atoms with Crippen molar-refractivity contribution >= 4 is 15.7 Å². The number of hydrogen-bond donors (Lipinski definition) is 0. The van der Waals surface area contributed by atoms with Crippen LogP contribution in [0.25, 0.3) is 11.3 Å². The van der Waals surface area contributed by atoms with Crippen molar-refractivity contribution in [3.05, 3.63) is 60.1 Å². The Hall–Kier alpha value is -2.84. The maximum absolute atomic E-state index is 13.5. The van der Waals surface area contributed by atoms with Crippen LogP contribution in [-0.2, 0) is 10.0 Å². The van der Waals surface area contributed by atoms with Crippen LogP contribution >= 0.6 is 0 Å².